The number of aliphatic hydroxyl groups excluding tert-OH is 1. The molecule has 0 aromatic heterocycles. The maximum Gasteiger partial charge on any atom is 0.0687 e. The first-order chi connectivity index (χ1) is 8.88. The van der Waals surface area contributed by atoms with Gasteiger partial charge in [-0.15, -0.1) is 0 Å². The molecule has 0 unspecified atom stereocenters. The smallest absolute Gasteiger partial charge is 0.0687 e. The molecule has 1 aliphatic rings. The van der Waals surface area contributed by atoms with Crippen LogP contribution in [0.3, 0.4) is 0 Å². The molecule has 0 spiro atoms. The van der Waals surface area contributed by atoms with Crippen LogP contribution in [0.15, 0.2) is 42.5 Å². The largest absolute Gasteiger partial charge is 0.392 e. The van der Waals surface area contributed by atoms with Crippen molar-refractivity contribution < 1.29 is 5.11 Å². The molecule has 0 saturated heterocycles. The molecule has 18 heavy (non-hydrogen) atoms. The monoisotopic (exact) mass is 239 g/mol. The minimum absolute atomic E-state index is 0.0888. The van der Waals surface area contributed by atoms with E-state index in [0.717, 1.165) is 30.6 Å². The Labute approximate surface area is 107 Å². The number of aliphatic hydroxyl groups is 1. The van der Waals surface area contributed by atoms with Gasteiger partial charge < -0.3 is 10.4 Å². The first-order valence-corrected chi connectivity index (χ1v) is 6.40. The van der Waals surface area contributed by atoms with E-state index in [4.69, 9.17) is 0 Å². The molecule has 0 saturated carbocycles. The lowest BCUT2D eigenvalue weighted by atomic mass is 9.93. The summed E-state index contributed by atoms with van der Waals surface area (Å²) in [5.41, 5.74) is 6.14. The second kappa shape index (κ2) is 4.92. The molecule has 0 aliphatic carbocycles. The number of fused-ring (bicyclic) bond motifs is 1. The van der Waals surface area contributed by atoms with Crippen LogP contribution in [0, 0.1) is 0 Å². The third-order valence-corrected chi connectivity index (χ3v) is 3.59. The molecule has 2 nitrogen and oxygen atoms in total. The summed E-state index contributed by atoms with van der Waals surface area (Å²) in [5.74, 6) is 0. The third-order valence-electron chi connectivity index (χ3n) is 3.59. The molecule has 2 aromatic rings. The molecule has 92 valence electrons. The standard InChI is InChI=1S/C16H17NO/c18-11-14-3-1-2-4-16(14)13-6-5-12-7-8-17-10-15(12)9-13/h1-6,9,17-18H,7-8,10-11H2. The van der Waals surface area contributed by atoms with Crippen LogP contribution >= 0.6 is 0 Å². The summed E-state index contributed by atoms with van der Waals surface area (Å²) < 4.78 is 0. The van der Waals surface area contributed by atoms with Crippen LogP contribution in [0.5, 0.6) is 0 Å². The van der Waals surface area contributed by atoms with Crippen molar-refractivity contribution in [3.8, 4) is 11.1 Å². The predicted molar refractivity (Wildman–Crippen MR) is 73.2 cm³/mol. The number of benzene rings is 2. The number of hydrogen-bond donors (Lipinski definition) is 2. The molecule has 2 aromatic carbocycles. The fraction of sp³-hybridized carbons (Fsp3) is 0.250. The lowest BCUT2D eigenvalue weighted by Crippen LogP contribution is -2.23. The average molecular weight is 239 g/mol. The first kappa shape index (κ1) is 11.5. The van der Waals surface area contributed by atoms with Gasteiger partial charge in [0, 0.05) is 6.54 Å². The van der Waals surface area contributed by atoms with E-state index in [9.17, 15) is 5.11 Å². The van der Waals surface area contributed by atoms with Gasteiger partial charge in [0.05, 0.1) is 6.61 Å². The summed E-state index contributed by atoms with van der Waals surface area (Å²) in [6, 6.07) is 14.7. The highest BCUT2D eigenvalue weighted by atomic mass is 16.3. The fourth-order valence-electron chi connectivity index (χ4n) is 2.59. The molecule has 0 bridgehead atoms. The zero-order valence-electron chi connectivity index (χ0n) is 10.3. The van der Waals surface area contributed by atoms with E-state index < -0.39 is 0 Å². The molecule has 1 aliphatic heterocycles. The Morgan fingerprint density at radius 1 is 1.06 bits per heavy atom. The Balaban J connectivity index is 2.06. The Hall–Kier alpha value is -1.64. The Morgan fingerprint density at radius 2 is 1.94 bits per heavy atom. The second-order valence-electron chi connectivity index (χ2n) is 4.73. The maximum atomic E-state index is 9.41. The normalized spacial score (nSPS) is 14.3. The molecule has 0 fully saturated rings. The topological polar surface area (TPSA) is 32.3 Å². The van der Waals surface area contributed by atoms with Gasteiger partial charge in [-0.05, 0) is 46.8 Å². The molecule has 0 atom stereocenters. The van der Waals surface area contributed by atoms with Gasteiger partial charge >= 0.3 is 0 Å². The zero-order valence-corrected chi connectivity index (χ0v) is 10.3. The lowest BCUT2D eigenvalue weighted by Gasteiger charge is -2.18. The van der Waals surface area contributed by atoms with Gasteiger partial charge in [0.1, 0.15) is 0 Å². The van der Waals surface area contributed by atoms with Crippen molar-refractivity contribution in [3.05, 3.63) is 59.2 Å². The number of hydrogen-bond acceptors (Lipinski definition) is 2. The van der Waals surface area contributed by atoms with E-state index in [-0.39, 0.29) is 6.61 Å². The van der Waals surface area contributed by atoms with Crippen LogP contribution in [0.25, 0.3) is 11.1 Å². The number of nitrogens with one attached hydrogen (secondary N) is 1. The maximum absolute atomic E-state index is 9.41. The minimum Gasteiger partial charge on any atom is -0.392 e. The third kappa shape index (κ3) is 2.05. The highest BCUT2D eigenvalue weighted by Gasteiger charge is 2.10. The van der Waals surface area contributed by atoms with Gasteiger partial charge in [-0.3, -0.25) is 0 Å². The molecule has 0 amide bonds. The van der Waals surface area contributed by atoms with Gasteiger partial charge in [-0.25, -0.2) is 0 Å². The summed E-state index contributed by atoms with van der Waals surface area (Å²) in [7, 11) is 0. The average Bonchev–Trinajstić information content (AvgIpc) is 2.46. The summed E-state index contributed by atoms with van der Waals surface area (Å²) in [4.78, 5) is 0. The van der Waals surface area contributed by atoms with Crippen molar-refractivity contribution in [2.75, 3.05) is 6.54 Å². The number of rotatable bonds is 2. The van der Waals surface area contributed by atoms with Crippen LogP contribution < -0.4 is 5.32 Å². The summed E-state index contributed by atoms with van der Waals surface area (Å²) in [6.07, 6.45) is 1.11. The summed E-state index contributed by atoms with van der Waals surface area (Å²) in [6.45, 7) is 2.11. The predicted octanol–water partition coefficient (Wildman–Crippen LogP) is 2.49. The quantitative estimate of drug-likeness (QED) is 0.844. The minimum atomic E-state index is 0.0888. The van der Waals surface area contributed by atoms with E-state index in [0.29, 0.717) is 0 Å². The molecule has 1 heterocycles. The second-order valence-corrected chi connectivity index (χ2v) is 4.73. The highest BCUT2D eigenvalue weighted by Crippen LogP contribution is 2.27. The summed E-state index contributed by atoms with van der Waals surface area (Å²) >= 11 is 0. The van der Waals surface area contributed by atoms with Crippen LogP contribution in [0.1, 0.15) is 16.7 Å². The molecule has 3 rings (SSSR count). The highest BCUT2D eigenvalue weighted by molar-refractivity contribution is 5.68. The molecule has 2 heteroatoms. The summed E-state index contributed by atoms with van der Waals surface area (Å²) in [5, 5.41) is 12.8. The van der Waals surface area contributed by atoms with E-state index in [1.165, 1.54) is 16.7 Å². The molecular formula is C16H17NO. The van der Waals surface area contributed by atoms with Crippen molar-refractivity contribution in [1.29, 1.82) is 0 Å². The van der Waals surface area contributed by atoms with Gasteiger partial charge in [-0.1, -0.05) is 36.4 Å². The van der Waals surface area contributed by atoms with Gasteiger partial charge in [-0.2, -0.15) is 0 Å². The SMILES string of the molecule is OCc1ccccc1-c1ccc2c(c1)CNCC2. The van der Waals surface area contributed by atoms with Crippen molar-refractivity contribution in [3.63, 3.8) is 0 Å². The molecule has 0 radical (unpaired) electrons. The van der Waals surface area contributed by atoms with E-state index in [1.54, 1.807) is 0 Å². The molecule has 2 N–H and O–H groups in total. The lowest BCUT2D eigenvalue weighted by molar-refractivity contribution is 0.282. The van der Waals surface area contributed by atoms with Crippen molar-refractivity contribution in [2.45, 2.75) is 19.6 Å². The van der Waals surface area contributed by atoms with Crippen molar-refractivity contribution in [1.82, 2.24) is 5.32 Å². The van der Waals surface area contributed by atoms with Crippen molar-refractivity contribution >= 4 is 0 Å². The fourth-order valence-corrected chi connectivity index (χ4v) is 2.59. The Kier molecular flexibility index (Phi) is 3.13. The van der Waals surface area contributed by atoms with E-state index in [2.05, 4.69) is 29.6 Å². The first-order valence-electron chi connectivity index (χ1n) is 6.40. The van der Waals surface area contributed by atoms with Crippen LogP contribution in [-0.4, -0.2) is 11.7 Å². The van der Waals surface area contributed by atoms with Gasteiger partial charge in [0.15, 0.2) is 0 Å². The van der Waals surface area contributed by atoms with E-state index in [1.807, 2.05) is 18.2 Å². The zero-order chi connectivity index (χ0) is 12.4. The Morgan fingerprint density at radius 3 is 2.83 bits per heavy atom. The molecular weight excluding hydrogens is 222 g/mol. The van der Waals surface area contributed by atoms with Crippen LogP contribution in [0.4, 0.5) is 0 Å². The van der Waals surface area contributed by atoms with Gasteiger partial charge in [0.2, 0.25) is 0 Å². The Bertz CT molecular complexity index is 563. The van der Waals surface area contributed by atoms with Gasteiger partial charge in [0.25, 0.3) is 0 Å². The van der Waals surface area contributed by atoms with Crippen LogP contribution in [0.2, 0.25) is 0 Å². The van der Waals surface area contributed by atoms with Crippen LogP contribution in [-0.2, 0) is 19.6 Å². The van der Waals surface area contributed by atoms with E-state index >= 15 is 0 Å². The van der Waals surface area contributed by atoms with Crippen molar-refractivity contribution in [2.24, 2.45) is 0 Å².